The molecule has 0 bridgehead atoms. The molecule has 1 heterocycles. The van der Waals surface area contributed by atoms with Gasteiger partial charge in [-0.25, -0.2) is 0 Å². The predicted molar refractivity (Wildman–Crippen MR) is 34.3 cm³/mol. The lowest BCUT2D eigenvalue weighted by molar-refractivity contribution is 0.266. The van der Waals surface area contributed by atoms with Gasteiger partial charge in [0, 0.05) is 0 Å². The quantitative estimate of drug-likeness (QED) is 0.448. The van der Waals surface area contributed by atoms with Crippen molar-refractivity contribution in [2.24, 2.45) is 0 Å². The summed E-state index contributed by atoms with van der Waals surface area (Å²) in [6.45, 7) is 0.540. The Labute approximate surface area is 58.8 Å². The predicted octanol–water partition coefficient (Wildman–Crippen LogP) is 2.11. The summed E-state index contributed by atoms with van der Waals surface area (Å²) in [5, 5.41) is 0. The Morgan fingerprint density at radius 3 is 2.75 bits per heavy atom. The van der Waals surface area contributed by atoms with Crippen LogP contribution in [0.3, 0.4) is 0 Å². The number of hydrogen-bond donors (Lipinski definition) is 0. The molecular weight excluding hydrogens is 170 g/mol. The molecule has 1 aliphatic heterocycles. The summed E-state index contributed by atoms with van der Waals surface area (Å²) in [6.07, 6.45) is 0.0141. The summed E-state index contributed by atoms with van der Waals surface area (Å²) in [5.41, 5.74) is 0. The second-order valence-electron chi connectivity index (χ2n) is 1.39. The maximum Gasteiger partial charge on any atom is 0.277 e. The maximum atomic E-state index is 5.45. The molecule has 1 saturated heterocycles. The molecule has 0 aromatic rings. The second kappa shape index (κ2) is 3.19. The molecule has 2 nitrogen and oxygen atoms in total. The van der Waals surface area contributed by atoms with Crippen LogP contribution >= 0.6 is 30.6 Å². The summed E-state index contributed by atoms with van der Waals surface area (Å²) in [6, 6.07) is 0. The lowest BCUT2D eigenvalue weighted by atomic mass is 10.5. The summed E-state index contributed by atoms with van der Waals surface area (Å²) in [7, 11) is -1.12. The molecule has 0 aromatic carbocycles. The third-order valence-electron chi connectivity index (χ3n) is 0.766. The topological polar surface area (TPSA) is 18.5 Å². The molecule has 48 valence electrons. The second-order valence-corrected chi connectivity index (χ2v) is 3.42. The van der Waals surface area contributed by atoms with Crippen molar-refractivity contribution in [3.63, 3.8) is 0 Å². The van der Waals surface area contributed by atoms with Gasteiger partial charge >= 0.3 is 0 Å². The van der Waals surface area contributed by atoms with Crippen LogP contribution in [0.15, 0.2) is 0 Å². The normalized spacial score (nSPS) is 38.2. The van der Waals surface area contributed by atoms with Gasteiger partial charge in [-0.1, -0.05) is 0 Å². The van der Waals surface area contributed by atoms with E-state index in [1.807, 2.05) is 0 Å². The van der Waals surface area contributed by atoms with E-state index < -0.39 is 7.73 Å². The monoisotopic (exact) mass is 174 g/mol. The van der Waals surface area contributed by atoms with E-state index >= 15 is 0 Å². The molecule has 0 N–H and O–H groups in total. The number of rotatable bonds is 1. The Bertz CT molecular complexity index is 81.7. The minimum absolute atomic E-state index is 0.0141. The van der Waals surface area contributed by atoms with Crippen molar-refractivity contribution >= 4 is 30.6 Å². The van der Waals surface area contributed by atoms with Crippen LogP contribution in [0.2, 0.25) is 0 Å². The Kier molecular flexibility index (Phi) is 2.81. The average Bonchev–Trinajstić information content (AvgIpc) is 2.14. The molecule has 8 heavy (non-hydrogen) atoms. The summed E-state index contributed by atoms with van der Waals surface area (Å²) in [4.78, 5) is 0. The van der Waals surface area contributed by atoms with E-state index in [4.69, 9.17) is 31.9 Å². The Hall–Kier alpha value is 0.930. The first-order valence-corrected chi connectivity index (χ1v) is 4.76. The Morgan fingerprint density at radius 1 is 1.75 bits per heavy atom. The van der Waals surface area contributed by atoms with E-state index in [1.165, 1.54) is 0 Å². The standard InChI is InChI=1S/C3H5Cl2O2P/c4-1-3-2-6-8(5)7-3/h3H,1-2H2/t3-,8?/m1/s1. The molecule has 0 aromatic heterocycles. The molecular formula is C3H5Cl2O2P. The highest BCUT2D eigenvalue weighted by molar-refractivity contribution is 7.76. The molecule has 0 radical (unpaired) electrons. The fourth-order valence-electron chi connectivity index (χ4n) is 0.393. The van der Waals surface area contributed by atoms with Crippen LogP contribution < -0.4 is 0 Å². The number of halogens is 2. The van der Waals surface area contributed by atoms with Crippen molar-refractivity contribution in [1.82, 2.24) is 0 Å². The molecule has 1 aliphatic rings. The molecule has 5 heteroatoms. The van der Waals surface area contributed by atoms with Crippen LogP contribution in [-0.4, -0.2) is 18.6 Å². The third kappa shape index (κ3) is 1.71. The fourth-order valence-corrected chi connectivity index (χ4v) is 1.85. The van der Waals surface area contributed by atoms with Gasteiger partial charge < -0.3 is 9.05 Å². The number of alkyl halides is 1. The SMILES string of the molecule is ClC[C@@H]1COP(Cl)O1. The summed E-state index contributed by atoms with van der Waals surface area (Å²) in [5.74, 6) is 0.464. The van der Waals surface area contributed by atoms with Gasteiger partial charge in [0.2, 0.25) is 0 Å². The van der Waals surface area contributed by atoms with E-state index in [0.717, 1.165) is 0 Å². The zero-order chi connectivity index (χ0) is 5.98. The highest BCUT2D eigenvalue weighted by atomic mass is 35.7. The molecule has 2 atom stereocenters. The molecule has 0 saturated carbocycles. The van der Waals surface area contributed by atoms with Gasteiger partial charge in [-0.3, -0.25) is 0 Å². The van der Waals surface area contributed by atoms with Gasteiger partial charge in [0.1, 0.15) is 6.10 Å². The van der Waals surface area contributed by atoms with E-state index in [1.54, 1.807) is 0 Å². The number of hydrogen-bond acceptors (Lipinski definition) is 2. The van der Waals surface area contributed by atoms with Gasteiger partial charge in [-0.15, -0.1) is 11.6 Å². The van der Waals surface area contributed by atoms with E-state index in [9.17, 15) is 0 Å². The van der Waals surface area contributed by atoms with Gasteiger partial charge in [-0.2, -0.15) is 0 Å². The zero-order valence-corrected chi connectivity index (χ0v) is 6.42. The lowest BCUT2D eigenvalue weighted by Crippen LogP contribution is -2.09. The van der Waals surface area contributed by atoms with Crippen LogP contribution in [-0.2, 0) is 9.05 Å². The minimum atomic E-state index is -1.12. The molecule has 1 rings (SSSR count). The molecule has 0 spiro atoms. The van der Waals surface area contributed by atoms with Crippen molar-refractivity contribution in [2.45, 2.75) is 6.10 Å². The van der Waals surface area contributed by atoms with Crippen LogP contribution in [0.5, 0.6) is 0 Å². The van der Waals surface area contributed by atoms with E-state index in [0.29, 0.717) is 12.5 Å². The highest BCUT2D eigenvalue weighted by Gasteiger charge is 2.23. The van der Waals surface area contributed by atoms with E-state index in [-0.39, 0.29) is 6.10 Å². The Balaban J connectivity index is 2.22. The van der Waals surface area contributed by atoms with Crippen molar-refractivity contribution in [3.8, 4) is 0 Å². The zero-order valence-electron chi connectivity index (χ0n) is 4.01. The van der Waals surface area contributed by atoms with Crippen molar-refractivity contribution in [2.75, 3.05) is 12.5 Å². The third-order valence-corrected chi connectivity index (χ3v) is 2.46. The molecule has 0 aliphatic carbocycles. The van der Waals surface area contributed by atoms with Gasteiger partial charge in [-0.05, 0) is 11.2 Å². The van der Waals surface area contributed by atoms with Gasteiger partial charge in [0.05, 0.1) is 12.5 Å². The first-order chi connectivity index (χ1) is 3.83. The highest BCUT2D eigenvalue weighted by Crippen LogP contribution is 2.49. The van der Waals surface area contributed by atoms with Gasteiger partial charge in [0.15, 0.2) is 0 Å². The largest absolute Gasteiger partial charge is 0.319 e. The van der Waals surface area contributed by atoms with Crippen LogP contribution in [0.25, 0.3) is 0 Å². The molecule has 1 unspecified atom stereocenters. The van der Waals surface area contributed by atoms with Crippen molar-refractivity contribution < 1.29 is 9.05 Å². The summed E-state index contributed by atoms with van der Waals surface area (Å²) >= 11 is 10.9. The minimum Gasteiger partial charge on any atom is -0.319 e. The Morgan fingerprint density at radius 2 is 2.50 bits per heavy atom. The van der Waals surface area contributed by atoms with Crippen molar-refractivity contribution in [1.29, 1.82) is 0 Å². The fraction of sp³-hybridized carbons (Fsp3) is 1.00. The summed E-state index contributed by atoms with van der Waals surface area (Å²) < 4.78 is 9.87. The van der Waals surface area contributed by atoms with Crippen LogP contribution in [0.1, 0.15) is 0 Å². The first kappa shape index (κ1) is 7.04. The molecule has 1 fully saturated rings. The first-order valence-electron chi connectivity index (χ1n) is 2.14. The van der Waals surface area contributed by atoms with E-state index in [2.05, 4.69) is 0 Å². The van der Waals surface area contributed by atoms with Gasteiger partial charge in [0.25, 0.3) is 7.73 Å². The van der Waals surface area contributed by atoms with Crippen LogP contribution in [0.4, 0.5) is 0 Å². The maximum absolute atomic E-state index is 5.45. The van der Waals surface area contributed by atoms with Crippen molar-refractivity contribution in [3.05, 3.63) is 0 Å². The lowest BCUT2D eigenvalue weighted by Gasteiger charge is -1.98. The van der Waals surface area contributed by atoms with Crippen LogP contribution in [0, 0.1) is 0 Å². The molecule has 0 amide bonds. The smallest absolute Gasteiger partial charge is 0.277 e. The average molecular weight is 175 g/mol.